The molecule has 0 N–H and O–H groups in total. The SMILES string of the molecule is Cc1cc(C)c(-c2ccc3sc4ccc(C(C)C)cc4c(=O)c3c2)c(C)c1. The van der Waals surface area contributed by atoms with Crippen LogP contribution in [-0.4, -0.2) is 0 Å². The van der Waals surface area contributed by atoms with Crippen molar-refractivity contribution in [1.82, 2.24) is 0 Å². The van der Waals surface area contributed by atoms with Gasteiger partial charge in [-0.2, -0.15) is 0 Å². The molecule has 136 valence electrons. The molecule has 4 rings (SSSR count). The molecule has 1 aromatic heterocycles. The second-order valence-electron chi connectivity index (χ2n) is 7.83. The molecular formula is C25H24OS. The normalized spacial score (nSPS) is 11.6. The number of hydrogen-bond acceptors (Lipinski definition) is 2. The third kappa shape index (κ3) is 3.08. The molecule has 0 amide bonds. The molecule has 1 nitrogen and oxygen atoms in total. The second-order valence-corrected chi connectivity index (χ2v) is 8.91. The average molecular weight is 373 g/mol. The number of fused-ring (bicyclic) bond motifs is 2. The molecule has 1 heterocycles. The minimum atomic E-state index is 0.144. The highest BCUT2D eigenvalue weighted by atomic mass is 32.1. The molecule has 0 unspecified atom stereocenters. The van der Waals surface area contributed by atoms with Crippen molar-refractivity contribution in [2.24, 2.45) is 0 Å². The monoisotopic (exact) mass is 372 g/mol. The third-order valence-corrected chi connectivity index (χ3v) is 6.48. The summed E-state index contributed by atoms with van der Waals surface area (Å²) in [7, 11) is 0. The molecular weight excluding hydrogens is 348 g/mol. The molecule has 0 spiro atoms. The molecule has 0 aliphatic rings. The fourth-order valence-corrected chi connectivity index (χ4v) is 5.06. The first-order valence-corrected chi connectivity index (χ1v) is 10.3. The van der Waals surface area contributed by atoms with Gasteiger partial charge in [-0.25, -0.2) is 0 Å². The van der Waals surface area contributed by atoms with Crippen molar-refractivity contribution < 1.29 is 0 Å². The number of hydrogen-bond donors (Lipinski definition) is 0. The Balaban J connectivity index is 2.01. The van der Waals surface area contributed by atoms with Crippen LogP contribution in [-0.2, 0) is 0 Å². The lowest BCUT2D eigenvalue weighted by Crippen LogP contribution is -2.02. The molecule has 2 heteroatoms. The molecule has 0 fully saturated rings. The molecule has 0 saturated carbocycles. The number of benzene rings is 3. The Morgan fingerprint density at radius 3 is 2.00 bits per heavy atom. The lowest BCUT2D eigenvalue weighted by Gasteiger charge is -2.13. The first-order chi connectivity index (χ1) is 12.8. The van der Waals surface area contributed by atoms with E-state index < -0.39 is 0 Å². The minimum Gasteiger partial charge on any atom is -0.289 e. The fraction of sp³-hybridized carbons (Fsp3) is 0.240. The van der Waals surface area contributed by atoms with Gasteiger partial charge in [-0.05, 0) is 78.8 Å². The molecule has 0 saturated heterocycles. The van der Waals surface area contributed by atoms with E-state index >= 15 is 0 Å². The Morgan fingerprint density at radius 2 is 1.37 bits per heavy atom. The van der Waals surface area contributed by atoms with Gasteiger partial charge in [0.2, 0.25) is 0 Å². The van der Waals surface area contributed by atoms with Gasteiger partial charge in [0.15, 0.2) is 5.43 Å². The highest BCUT2D eigenvalue weighted by Crippen LogP contribution is 2.33. The maximum absolute atomic E-state index is 13.3. The molecule has 4 aromatic rings. The van der Waals surface area contributed by atoms with Crippen molar-refractivity contribution >= 4 is 31.5 Å². The van der Waals surface area contributed by atoms with Gasteiger partial charge < -0.3 is 0 Å². The van der Waals surface area contributed by atoms with Gasteiger partial charge in [0.25, 0.3) is 0 Å². The van der Waals surface area contributed by atoms with Crippen molar-refractivity contribution in [3.63, 3.8) is 0 Å². The van der Waals surface area contributed by atoms with E-state index in [0.717, 1.165) is 25.7 Å². The second kappa shape index (κ2) is 6.61. The molecule has 0 bridgehead atoms. The van der Waals surface area contributed by atoms with E-state index in [9.17, 15) is 4.79 Å². The molecule has 0 atom stereocenters. The highest BCUT2D eigenvalue weighted by molar-refractivity contribution is 7.24. The zero-order valence-corrected chi connectivity index (χ0v) is 17.3. The maximum atomic E-state index is 13.3. The Morgan fingerprint density at radius 1 is 0.778 bits per heavy atom. The molecule has 27 heavy (non-hydrogen) atoms. The summed E-state index contributed by atoms with van der Waals surface area (Å²) in [6.45, 7) is 10.7. The van der Waals surface area contributed by atoms with E-state index in [4.69, 9.17) is 0 Å². The predicted octanol–water partition coefficient (Wildman–Crippen LogP) is 7.13. The molecule has 0 aliphatic heterocycles. The zero-order chi connectivity index (χ0) is 19.3. The first-order valence-electron chi connectivity index (χ1n) is 9.44. The van der Waals surface area contributed by atoms with Gasteiger partial charge in [-0.1, -0.05) is 43.7 Å². The Labute approximate surface area is 164 Å². The lowest BCUT2D eigenvalue weighted by molar-refractivity contribution is 0.869. The lowest BCUT2D eigenvalue weighted by atomic mass is 9.93. The van der Waals surface area contributed by atoms with Crippen LogP contribution in [0.25, 0.3) is 31.3 Å². The summed E-state index contributed by atoms with van der Waals surface area (Å²) >= 11 is 1.70. The van der Waals surface area contributed by atoms with Crippen molar-refractivity contribution in [1.29, 1.82) is 0 Å². The molecule has 0 aliphatic carbocycles. The van der Waals surface area contributed by atoms with Crippen molar-refractivity contribution in [3.8, 4) is 11.1 Å². The fourth-order valence-electron chi connectivity index (χ4n) is 4.02. The summed E-state index contributed by atoms with van der Waals surface area (Å²) in [5, 5.41) is 1.67. The van der Waals surface area contributed by atoms with Crippen LogP contribution in [0.15, 0.2) is 53.3 Å². The summed E-state index contributed by atoms with van der Waals surface area (Å²) in [6, 6.07) is 17.1. The van der Waals surface area contributed by atoms with Gasteiger partial charge in [0, 0.05) is 20.2 Å². The van der Waals surface area contributed by atoms with E-state index in [1.54, 1.807) is 11.3 Å². The van der Waals surface area contributed by atoms with Crippen molar-refractivity contribution in [2.45, 2.75) is 40.5 Å². The summed E-state index contributed by atoms with van der Waals surface area (Å²) in [5.41, 5.74) is 7.51. The van der Waals surface area contributed by atoms with E-state index in [-0.39, 0.29) is 5.43 Å². The van der Waals surface area contributed by atoms with Crippen LogP contribution in [0.3, 0.4) is 0 Å². The molecule has 0 radical (unpaired) electrons. The number of rotatable bonds is 2. The smallest absolute Gasteiger partial charge is 0.195 e. The molecule has 3 aromatic carbocycles. The topological polar surface area (TPSA) is 17.1 Å². The highest BCUT2D eigenvalue weighted by Gasteiger charge is 2.12. The third-order valence-electron chi connectivity index (χ3n) is 5.32. The van der Waals surface area contributed by atoms with E-state index in [1.165, 1.54) is 27.8 Å². The van der Waals surface area contributed by atoms with Crippen molar-refractivity contribution in [3.05, 3.63) is 81.0 Å². The van der Waals surface area contributed by atoms with Gasteiger partial charge in [0.1, 0.15) is 0 Å². The predicted molar refractivity (Wildman–Crippen MR) is 119 cm³/mol. The van der Waals surface area contributed by atoms with Gasteiger partial charge in [-0.15, -0.1) is 11.3 Å². The van der Waals surface area contributed by atoms with E-state index in [0.29, 0.717) is 5.92 Å². The zero-order valence-electron chi connectivity index (χ0n) is 16.5. The van der Waals surface area contributed by atoms with Crippen LogP contribution in [0.1, 0.15) is 42.0 Å². The van der Waals surface area contributed by atoms with Crippen LogP contribution >= 0.6 is 11.3 Å². The average Bonchev–Trinajstić information content (AvgIpc) is 2.61. The van der Waals surface area contributed by atoms with Crippen molar-refractivity contribution in [2.75, 3.05) is 0 Å². The summed E-state index contributed by atoms with van der Waals surface area (Å²) in [6.07, 6.45) is 0. The van der Waals surface area contributed by atoms with Crippen LogP contribution in [0.4, 0.5) is 0 Å². The Bertz CT molecular complexity index is 1220. The van der Waals surface area contributed by atoms with Gasteiger partial charge in [-0.3, -0.25) is 4.79 Å². The van der Waals surface area contributed by atoms with Gasteiger partial charge >= 0.3 is 0 Å². The minimum absolute atomic E-state index is 0.144. The Kier molecular flexibility index (Phi) is 4.39. The van der Waals surface area contributed by atoms with Crippen LogP contribution in [0, 0.1) is 20.8 Å². The quantitative estimate of drug-likeness (QED) is 0.342. The van der Waals surface area contributed by atoms with Crippen LogP contribution in [0.5, 0.6) is 0 Å². The maximum Gasteiger partial charge on any atom is 0.195 e. The summed E-state index contributed by atoms with van der Waals surface area (Å²) in [5.74, 6) is 0.415. The summed E-state index contributed by atoms with van der Waals surface area (Å²) < 4.78 is 2.11. The van der Waals surface area contributed by atoms with Crippen LogP contribution in [0.2, 0.25) is 0 Å². The van der Waals surface area contributed by atoms with E-state index in [1.807, 2.05) is 0 Å². The van der Waals surface area contributed by atoms with E-state index in [2.05, 4.69) is 83.1 Å². The largest absolute Gasteiger partial charge is 0.289 e. The summed E-state index contributed by atoms with van der Waals surface area (Å²) in [4.78, 5) is 13.3. The standard InChI is InChI=1S/C25H24OS/c1-14(2)18-6-8-22-20(12-18)25(26)21-13-19(7-9-23(21)27-22)24-16(4)10-15(3)11-17(24)5/h6-14H,1-5H3. The first kappa shape index (κ1) is 17.9. The Hall–Kier alpha value is -2.45. The number of aryl methyl sites for hydroxylation is 3. The van der Waals surface area contributed by atoms with Crippen LogP contribution < -0.4 is 5.43 Å². The van der Waals surface area contributed by atoms with Gasteiger partial charge in [0.05, 0.1) is 0 Å².